The Balaban J connectivity index is 1.80. The maximum absolute atomic E-state index is 12.2. The van der Waals surface area contributed by atoms with E-state index in [1.807, 2.05) is 4.90 Å². The minimum Gasteiger partial charge on any atom is -0.495 e. The second-order valence-corrected chi connectivity index (χ2v) is 6.11. The van der Waals surface area contributed by atoms with Crippen LogP contribution in [0.4, 0.5) is 5.69 Å². The molecule has 0 saturated carbocycles. The number of ether oxygens (including phenoxy) is 1. The van der Waals surface area contributed by atoms with Crippen molar-refractivity contribution in [1.82, 2.24) is 15.1 Å². The summed E-state index contributed by atoms with van der Waals surface area (Å²) in [5.41, 5.74) is 0.590. The van der Waals surface area contributed by atoms with Crippen LogP contribution in [0.15, 0.2) is 18.2 Å². The summed E-state index contributed by atoms with van der Waals surface area (Å²) in [4.78, 5) is 27.8. The lowest BCUT2D eigenvalue weighted by atomic mass is 10.3. The van der Waals surface area contributed by atoms with Gasteiger partial charge in [-0.2, -0.15) is 0 Å². The third-order valence-corrected chi connectivity index (χ3v) is 4.02. The van der Waals surface area contributed by atoms with E-state index in [0.717, 1.165) is 13.1 Å². The maximum Gasteiger partial charge on any atom is 0.238 e. The summed E-state index contributed by atoms with van der Waals surface area (Å²) in [5, 5.41) is 6.39. The molecule has 0 radical (unpaired) electrons. The SMILES string of the molecule is COc1ccc(NC(=O)CN(C)CC(=O)N2CCNCC2)cc1Cl. The van der Waals surface area contributed by atoms with Crippen LogP contribution in [0.2, 0.25) is 5.02 Å². The van der Waals surface area contributed by atoms with Gasteiger partial charge in [-0.15, -0.1) is 0 Å². The molecule has 132 valence electrons. The largest absolute Gasteiger partial charge is 0.495 e. The molecule has 7 nitrogen and oxygen atoms in total. The van der Waals surface area contributed by atoms with Gasteiger partial charge >= 0.3 is 0 Å². The molecule has 0 atom stereocenters. The van der Waals surface area contributed by atoms with Crippen molar-refractivity contribution in [3.63, 3.8) is 0 Å². The fraction of sp³-hybridized carbons (Fsp3) is 0.500. The van der Waals surface area contributed by atoms with Crippen LogP contribution in [0.3, 0.4) is 0 Å². The molecule has 1 aliphatic rings. The minimum atomic E-state index is -0.202. The van der Waals surface area contributed by atoms with Gasteiger partial charge in [-0.05, 0) is 25.2 Å². The Morgan fingerprint density at radius 3 is 2.67 bits per heavy atom. The zero-order chi connectivity index (χ0) is 17.5. The molecule has 1 fully saturated rings. The highest BCUT2D eigenvalue weighted by molar-refractivity contribution is 6.32. The van der Waals surface area contributed by atoms with Crippen molar-refractivity contribution in [3.05, 3.63) is 23.2 Å². The van der Waals surface area contributed by atoms with Crippen LogP contribution in [0.5, 0.6) is 5.75 Å². The van der Waals surface area contributed by atoms with Gasteiger partial charge in [0, 0.05) is 31.9 Å². The van der Waals surface area contributed by atoms with Crippen molar-refractivity contribution in [2.24, 2.45) is 0 Å². The van der Waals surface area contributed by atoms with E-state index in [0.29, 0.717) is 29.5 Å². The van der Waals surface area contributed by atoms with Crippen molar-refractivity contribution in [1.29, 1.82) is 0 Å². The van der Waals surface area contributed by atoms with Gasteiger partial charge in [0.1, 0.15) is 5.75 Å². The molecule has 0 aliphatic carbocycles. The third kappa shape index (κ3) is 5.36. The molecule has 0 bridgehead atoms. The highest BCUT2D eigenvalue weighted by atomic mass is 35.5. The zero-order valence-electron chi connectivity index (χ0n) is 14.0. The standard InChI is InChI=1S/C16H23ClN4O3/c1-20(11-16(23)21-7-5-18-6-8-21)10-15(22)19-12-3-4-14(24-2)13(17)9-12/h3-4,9,18H,5-8,10-11H2,1-2H3,(H,19,22). The minimum absolute atomic E-state index is 0.0410. The number of rotatable bonds is 6. The van der Waals surface area contributed by atoms with E-state index in [9.17, 15) is 9.59 Å². The second-order valence-electron chi connectivity index (χ2n) is 5.70. The van der Waals surface area contributed by atoms with Gasteiger partial charge in [-0.3, -0.25) is 14.5 Å². The van der Waals surface area contributed by atoms with E-state index in [1.54, 1.807) is 30.1 Å². The number of carbonyl (C=O) groups excluding carboxylic acids is 2. The number of halogens is 1. The van der Waals surface area contributed by atoms with Gasteiger partial charge < -0.3 is 20.3 Å². The molecule has 24 heavy (non-hydrogen) atoms. The van der Waals surface area contributed by atoms with Gasteiger partial charge in [0.05, 0.1) is 25.2 Å². The number of likely N-dealkylation sites (N-methyl/N-ethyl adjacent to an activating group) is 1. The van der Waals surface area contributed by atoms with Crippen LogP contribution < -0.4 is 15.4 Å². The van der Waals surface area contributed by atoms with E-state index in [1.165, 1.54) is 7.11 Å². The highest BCUT2D eigenvalue weighted by Gasteiger charge is 2.18. The van der Waals surface area contributed by atoms with Crippen molar-refractivity contribution >= 4 is 29.1 Å². The summed E-state index contributed by atoms with van der Waals surface area (Å²) < 4.78 is 5.07. The molecule has 0 spiro atoms. The molecule has 0 aromatic heterocycles. The molecule has 0 unspecified atom stereocenters. The number of nitrogens with zero attached hydrogens (tertiary/aromatic N) is 2. The summed E-state index contributed by atoms with van der Waals surface area (Å²) in [6.07, 6.45) is 0. The zero-order valence-corrected chi connectivity index (χ0v) is 14.7. The van der Waals surface area contributed by atoms with Crippen LogP contribution in [0, 0.1) is 0 Å². The maximum atomic E-state index is 12.2. The summed E-state index contributed by atoms with van der Waals surface area (Å²) in [5.74, 6) is 0.388. The number of hydrogen-bond donors (Lipinski definition) is 2. The van der Waals surface area contributed by atoms with E-state index >= 15 is 0 Å². The van der Waals surface area contributed by atoms with Crippen LogP contribution >= 0.6 is 11.6 Å². The predicted molar refractivity (Wildman–Crippen MR) is 93.6 cm³/mol. The first-order valence-electron chi connectivity index (χ1n) is 7.80. The molecule has 1 aromatic rings. The van der Waals surface area contributed by atoms with Gasteiger partial charge in [-0.1, -0.05) is 11.6 Å². The summed E-state index contributed by atoms with van der Waals surface area (Å²) in [7, 11) is 3.28. The summed E-state index contributed by atoms with van der Waals surface area (Å²) in [6, 6.07) is 5.04. The summed E-state index contributed by atoms with van der Waals surface area (Å²) in [6.45, 7) is 3.40. The molecule has 1 heterocycles. The number of methoxy groups -OCH3 is 1. The first-order chi connectivity index (χ1) is 11.5. The molecular formula is C16H23ClN4O3. The Labute approximate surface area is 146 Å². The number of piperazine rings is 1. The molecule has 2 N–H and O–H groups in total. The van der Waals surface area contributed by atoms with Gasteiger partial charge in [0.25, 0.3) is 0 Å². The molecule has 2 rings (SSSR count). The van der Waals surface area contributed by atoms with Crippen molar-refractivity contribution in [2.45, 2.75) is 0 Å². The van der Waals surface area contributed by atoms with Gasteiger partial charge in [0.2, 0.25) is 11.8 Å². The average Bonchev–Trinajstić information content (AvgIpc) is 2.55. The lowest BCUT2D eigenvalue weighted by Crippen LogP contribution is -2.49. The van der Waals surface area contributed by atoms with E-state index < -0.39 is 0 Å². The molecule has 8 heteroatoms. The molecule has 2 amide bonds. The van der Waals surface area contributed by atoms with Crippen LogP contribution in [-0.4, -0.2) is 75.0 Å². The number of hydrogen-bond acceptors (Lipinski definition) is 5. The van der Waals surface area contributed by atoms with E-state index in [2.05, 4.69) is 10.6 Å². The van der Waals surface area contributed by atoms with Gasteiger partial charge in [-0.25, -0.2) is 0 Å². The van der Waals surface area contributed by atoms with Crippen molar-refractivity contribution in [3.8, 4) is 5.75 Å². The number of nitrogens with one attached hydrogen (secondary N) is 2. The monoisotopic (exact) mass is 354 g/mol. The molecule has 1 aromatic carbocycles. The fourth-order valence-corrected chi connectivity index (χ4v) is 2.75. The molecule has 1 saturated heterocycles. The predicted octanol–water partition coefficient (Wildman–Crippen LogP) is 0.651. The normalized spacial score (nSPS) is 14.6. The lowest BCUT2D eigenvalue weighted by molar-refractivity contribution is -0.133. The first-order valence-corrected chi connectivity index (χ1v) is 8.18. The Bertz CT molecular complexity index is 591. The first kappa shape index (κ1) is 18.5. The second kappa shape index (κ2) is 8.86. The topological polar surface area (TPSA) is 73.9 Å². The Morgan fingerprint density at radius 1 is 1.33 bits per heavy atom. The summed E-state index contributed by atoms with van der Waals surface area (Å²) >= 11 is 6.03. The average molecular weight is 355 g/mol. The number of anilines is 1. The lowest BCUT2D eigenvalue weighted by Gasteiger charge is -2.29. The number of amides is 2. The Morgan fingerprint density at radius 2 is 2.04 bits per heavy atom. The van der Waals surface area contributed by atoms with Crippen LogP contribution in [0.1, 0.15) is 0 Å². The fourth-order valence-electron chi connectivity index (χ4n) is 2.49. The van der Waals surface area contributed by atoms with Gasteiger partial charge in [0.15, 0.2) is 0 Å². The molecular weight excluding hydrogens is 332 g/mol. The van der Waals surface area contributed by atoms with E-state index in [4.69, 9.17) is 16.3 Å². The van der Waals surface area contributed by atoms with Crippen LogP contribution in [-0.2, 0) is 9.59 Å². The molecule has 1 aliphatic heterocycles. The number of benzene rings is 1. The quantitative estimate of drug-likeness (QED) is 0.784. The Kier molecular flexibility index (Phi) is 6.84. The van der Waals surface area contributed by atoms with Crippen molar-refractivity contribution in [2.75, 3.05) is 58.7 Å². The van der Waals surface area contributed by atoms with E-state index in [-0.39, 0.29) is 24.9 Å². The number of carbonyl (C=O) groups is 2. The Hall–Kier alpha value is -1.83. The van der Waals surface area contributed by atoms with Crippen molar-refractivity contribution < 1.29 is 14.3 Å². The smallest absolute Gasteiger partial charge is 0.238 e. The van der Waals surface area contributed by atoms with Crippen LogP contribution in [0.25, 0.3) is 0 Å². The highest BCUT2D eigenvalue weighted by Crippen LogP contribution is 2.27. The third-order valence-electron chi connectivity index (χ3n) is 3.72.